The third kappa shape index (κ3) is 4.07. The molecule has 0 saturated heterocycles. The summed E-state index contributed by atoms with van der Waals surface area (Å²) in [5.41, 5.74) is 3.96. The van der Waals surface area contributed by atoms with E-state index in [0.29, 0.717) is 17.8 Å². The molecular formula is C24H23N3O4. The van der Waals surface area contributed by atoms with Crippen LogP contribution in [0.4, 0.5) is 0 Å². The zero-order chi connectivity index (χ0) is 22.0. The Morgan fingerprint density at radius 1 is 1.06 bits per heavy atom. The quantitative estimate of drug-likeness (QED) is 0.333. The van der Waals surface area contributed by atoms with Crippen LogP contribution in [0.2, 0.25) is 0 Å². The summed E-state index contributed by atoms with van der Waals surface area (Å²) in [6, 6.07) is 15.0. The van der Waals surface area contributed by atoms with Crippen molar-refractivity contribution >= 4 is 17.4 Å². The molecule has 0 radical (unpaired) electrons. The molecule has 7 heteroatoms. The highest BCUT2D eigenvalue weighted by Crippen LogP contribution is 2.23. The predicted molar refractivity (Wildman–Crippen MR) is 116 cm³/mol. The van der Waals surface area contributed by atoms with E-state index in [9.17, 15) is 9.59 Å². The summed E-state index contributed by atoms with van der Waals surface area (Å²) < 4.78 is 14.4. The highest BCUT2D eigenvalue weighted by atomic mass is 16.5. The van der Waals surface area contributed by atoms with Gasteiger partial charge in [-0.1, -0.05) is 6.07 Å². The van der Waals surface area contributed by atoms with Gasteiger partial charge in [-0.05, 0) is 63.2 Å². The molecule has 0 bridgehead atoms. The second kappa shape index (κ2) is 8.47. The summed E-state index contributed by atoms with van der Waals surface area (Å²) >= 11 is 0. The van der Waals surface area contributed by atoms with E-state index < -0.39 is 5.97 Å². The molecule has 4 rings (SSSR count). The maximum absolute atomic E-state index is 12.8. The predicted octanol–water partition coefficient (Wildman–Crippen LogP) is 4.18. The molecule has 0 aliphatic carbocycles. The van der Waals surface area contributed by atoms with E-state index in [4.69, 9.17) is 9.47 Å². The number of aromatic nitrogens is 3. The summed E-state index contributed by atoms with van der Waals surface area (Å²) in [7, 11) is 0. The first-order valence-electron chi connectivity index (χ1n) is 10.0. The molecule has 0 aliphatic heterocycles. The molecule has 4 aromatic rings. The van der Waals surface area contributed by atoms with E-state index in [2.05, 4.69) is 4.98 Å². The van der Waals surface area contributed by atoms with E-state index in [-0.39, 0.29) is 18.1 Å². The van der Waals surface area contributed by atoms with Gasteiger partial charge in [0.2, 0.25) is 5.78 Å². The Bertz CT molecular complexity index is 1220. The van der Waals surface area contributed by atoms with Gasteiger partial charge in [0.1, 0.15) is 11.4 Å². The van der Waals surface area contributed by atoms with Crippen LogP contribution in [0.3, 0.4) is 0 Å². The Kier molecular flexibility index (Phi) is 5.58. The molecule has 1 aromatic carbocycles. The molecule has 0 fully saturated rings. The third-order valence-corrected chi connectivity index (χ3v) is 5.04. The van der Waals surface area contributed by atoms with Crippen LogP contribution in [-0.4, -0.2) is 38.9 Å². The van der Waals surface area contributed by atoms with Crippen LogP contribution < -0.4 is 4.74 Å². The van der Waals surface area contributed by atoms with Gasteiger partial charge < -0.3 is 18.4 Å². The molecule has 7 nitrogen and oxygen atoms in total. The van der Waals surface area contributed by atoms with Gasteiger partial charge in [0.25, 0.3) is 0 Å². The van der Waals surface area contributed by atoms with Crippen molar-refractivity contribution in [2.24, 2.45) is 0 Å². The van der Waals surface area contributed by atoms with Crippen molar-refractivity contribution in [1.29, 1.82) is 0 Å². The van der Waals surface area contributed by atoms with E-state index in [1.54, 1.807) is 22.9 Å². The summed E-state index contributed by atoms with van der Waals surface area (Å²) in [6.07, 6.45) is 3.37. The SMILES string of the molecule is CCOc1ccc(-n2c(C)cc(C(=O)COC(=O)c3cn4ccccc4n3)c2C)cc1. The Labute approximate surface area is 179 Å². The van der Waals surface area contributed by atoms with E-state index in [0.717, 1.165) is 22.8 Å². The van der Waals surface area contributed by atoms with Gasteiger partial charge in [-0.2, -0.15) is 0 Å². The summed E-state index contributed by atoms with van der Waals surface area (Å²) in [6.45, 7) is 6.00. The molecule has 158 valence electrons. The average molecular weight is 417 g/mol. The van der Waals surface area contributed by atoms with Crippen LogP contribution in [0.1, 0.15) is 39.2 Å². The number of carbonyl (C=O) groups excluding carboxylic acids is 2. The second-order valence-corrected chi connectivity index (χ2v) is 7.14. The first-order chi connectivity index (χ1) is 15.0. The number of hydrogen-bond acceptors (Lipinski definition) is 5. The van der Waals surface area contributed by atoms with Crippen LogP contribution >= 0.6 is 0 Å². The number of imidazole rings is 1. The molecule has 0 saturated carbocycles. The number of ketones is 1. The number of fused-ring (bicyclic) bond motifs is 1. The minimum Gasteiger partial charge on any atom is -0.494 e. The Morgan fingerprint density at radius 2 is 1.84 bits per heavy atom. The fourth-order valence-corrected chi connectivity index (χ4v) is 3.62. The van der Waals surface area contributed by atoms with E-state index in [1.807, 2.05) is 67.8 Å². The van der Waals surface area contributed by atoms with Gasteiger partial charge in [0.05, 0.1) is 6.61 Å². The van der Waals surface area contributed by atoms with Crippen LogP contribution in [0, 0.1) is 13.8 Å². The molecule has 0 unspecified atom stereocenters. The first-order valence-corrected chi connectivity index (χ1v) is 10.0. The summed E-state index contributed by atoms with van der Waals surface area (Å²) in [4.78, 5) is 29.3. The molecule has 0 N–H and O–H groups in total. The lowest BCUT2D eigenvalue weighted by Crippen LogP contribution is -2.15. The number of ether oxygens (including phenoxy) is 2. The van der Waals surface area contributed by atoms with Crippen LogP contribution in [0.5, 0.6) is 5.75 Å². The van der Waals surface area contributed by atoms with Crippen LogP contribution in [0.25, 0.3) is 11.3 Å². The molecule has 0 spiro atoms. The largest absolute Gasteiger partial charge is 0.494 e. The topological polar surface area (TPSA) is 74.8 Å². The lowest BCUT2D eigenvalue weighted by molar-refractivity contribution is 0.0469. The molecular weight excluding hydrogens is 394 g/mol. The maximum Gasteiger partial charge on any atom is 0.359 e. The zero-order valence-corrected chi connectivity index (χ0v) is 17.7. The summed E-state index contributed by atoms with van der Waals surface area (Å²) in [5.74, 6) is -0.0939. The van der Waals surface area contributed by atoms with Gasteiger partial charge in [-0.3, -0.25) is 4.79 Å². The monoisotopic (exact) mass is 417 g/mol. The van der Waals surface area contributed by atoms with Gasteiger partial charge in [0.15, 0.2) is 12.3 Å². The number of aryl methyl sites for hydroxylation is 1. The van der Waals surface area contributed by atoms with Crippen LogP contribution in [0.15, 0.2) is 60.9 Å². The van der Waals surface area contributed by atoms with E-state index >= 15 is 0 Å². The first kappa shape index (κ1) is 20.4. The lowest BCUT2D eigenvalue weighted by Gasteiger charge is -2.11. The second-order valence-electron chi connectivity index (χ2n) is 7.14. The maximum atomic E-state index is 12.8. The Hall–Kier alpha value is -3.87. The van der Waals surface area contributed by atoms with Crippen LogP contribution in [-0.2, 0) is 4.74 Å². The third-order valence-electron chi connectivity index (χ3n) is 5.04. The number of carbonyl (C=O) groups is 2. The molecule has 0 atom stereocenters. The Balaban J connectivity index is 1.48. The number of esters is 1. The standard InChI is InChI=1S/C24H23N3O4/c1-4-30-19-10-8-18(9-11-19)27-16(2)13-20(17(27)3)22(28)15-31-24(29)21-14-26-12-6-5-7-23(26)25-21/h5-14H,4,15H2,1-3H3. The minimum atomic E-state index is -0.627. The van der Waals surface area contributed by atoms with Crippen molar-refractivity contribution in [3.8, 4) is 11.4 Å². The molecule has 3 heterocycles. The number of benzene rings is 1. The normalized spacial score (nSPS) is 10.9. The summed E-state index contributed by atoms with van der Waals surface area (Å²) in [5, 5.41) is 0. The zero-order valence-electron chi connectivity index (χ0n) is 17.7. The number of rotatable bonds is 7. The minimum absolute atomic E-state index is 0.166. The fraction of sp³-hybridized carbons (Fsp3) is 0.208. The Morgan fingerprint density at radius 3 is 2.55 bits per heavy atom. The highest BCUT2D eigenvalue weighted by molar-refractivity contribution is 6.00. The van der Waals surface area contributed by atoms with Crippen molar-refractivity contribution in [1.82, 2.24) is 14.0 Å². The molecule has 3 aromatic heterocycles. The van der Waals surface area contributed by atoms with Crippen molar-refractivity contribution in [2.45, 2.75) is 20.8 Å². The van der Waals surface area contributed by atoms with Crippen molar-refractivity contribution in [3.05, 3.63) is 83.6 Å². The van der Waals surface area contributed by atoms with Gasteiger partial charge in [0, 0.05) is 35.0 Å². The fourth-order valence-electron chi connectivity index (χ4n) is 3.62. The lowest BCUT2D eigenvalue weighted by atomic mass is 10.1. The average Bonchev–Trinajstić information content (AvgIpc) is 3.33. The van der Waals surface area contributed by atoms with Gasteiger partial charge >= 0.3 is 5.97 Å². The van der Waals surface area contributed by atoms with E-state index in [1.165, 1.54) is 0 Å². The molecule has 0 aliphatic rings. The van der Waals surface area contributed by atoms with Crippen molar-refractivity contribution in [3.63, 3.8) is 0 Å². The smallest absolute Gasteiger partial charge is 0.359 e. The molecule has 31 heavy (non-hydrogen) atoms. The molecule has 0 amide bonds. The number of hydrogen-bond donors (Lipinski definition) is 0. The van der Waals surface area contributed by atoms with Crippen molar-refractivity contribution in [2.75, 3.05) is 13.2 Å². The van der Waals surface area contributed by atoms with Gasteiger partial charge in [-0.25, -0.2) is 9.78 Å². The van der Waals surface area contributed by atoms with Gasteiger partial charge in [-0.15, -0.1) is 0 Å². The number of pyridine rings is 1. The highest BCUT2D eigenvalue weighted by Gasteiger charge is 2.19. The number of Topliss-reactive ketones (excluding diaryl/α,β-unsaturated/α-hetero) is 1. The van der Waals surface area contributed by atoms with Crippen molar-refractivity contribution < 1.29 is 19.1 Å². The number of nitrogens with zero attached hydrogens (tertiary/aromatic N) is 3.